The van der Waals surface area contributed by atoms with E-state index in [-0.39, 0.29) is 23.5 Å². The number of hydrogen-bond donors (Lipinski definition) is 1. The first-order valence-electron chi connectivity index (χ1n) is 5.25. The topological polar surface area (TPSA) is 54.4 Å². The number of sulfone groups is 1. The minimum atomic E-state index is -2.88. The second kappa shape index (κ2) is 4.19. The van der Waals surface area contributed by atoms with Crippen molar-refractivity contribution in [1.29, 1.82) is 0 Å². The van der Waals surface area contributed by atoms with Crippen LogP contribution in [-0.2, 0) is 9.84 Å². The zero-order valence-corrected chi connectivity index (χ0v) is 9.81. The Morgan fingerprint density at radius 2 is 2.00 bits per heavy atom. The first-order valence-corrected chi connectivity index (χ1v) is 7.07. The summed E-state index contributed by atoms with van der Waals surface area (Å²) < 4.78 is 22.6. The van der Waals surface area contributed by atoms with E-state index in [1.54, 1.807) is 6.92 Å². The van der Waals surface area contributed by atoms with Crippen molar-refractivity contribution in [2.24, 2.45) is 11.3 Å². The first kappa shape index (κ1) is 12.0. The van der Waals surface area contributed by atoms with Crippen LogP contribution in [0.2, 0.25) is 0 Å². The van der Waals surface area contributed by atoms with Crippen molar-refractivity contribution in [3.05, 3.63) is 0 Å². The molecule has 1 N–H and O–H groups in total. The molecule has 1 aliphatic rings. The van der Waals surface area contributed by atoms with E-state index in [0.29, 0.717) is 12.3 Å². The zero-order valence-electron chi connectivity index (χ0n) is 8.99. The maximum absolute atomic E-state index is 11.3. The summed E-state index contributed by atoms with van der Waals surface area (Å²) in [6.07, 6.45) is 2.89. The normalized spacial score (nSPS) is 21.9. The van der Waals surface area contributed by atoms with Crippen LogP contribution in [0.15, 0.2) is 0 Å². The van der Waals surface area contributed by atoms with E-state index in [4.69, 9.17) is 0 Å². The van der Waals surface area contributed by atoms with Gasteiger partial charge in [-0.15, -0.1) is 0 Å². The van der Waals surface area contributed by atoms with E-state index in [2.05, 4.69) is 0 Å². The van der Waals surface area contributed by atoms with Gasteiger partial charge in [-0.3, -0.25) is 0 Å². The van der Waals surface area contributed by atoms with Crippen LogP contribution in [0.25, 0.3) is 0 Å². The van der Waals surface area contributed by atoms with Crippen molar-refractivity contribution >= 4 is 9.84 Å². The molecule has 4 heteroatoms. The van der Waals surface area contributed by atoms with Gasteiger partial charge in [-0.05, 0) is 30.6 Å². The Morgan fingerprint density at radius 3 is 2.36 bits per heavy atom. The van der Waals surface area contributed by atoms with Gasteiger partial charge in [0.2, 0.25) is 0 Å². The molecule has 0 aromatic rings. The van der Waals surface area contributed by atoms with E-state index in [1.165, 1.54) is 0 Å². The lowest BCUT2D eigenvalue weighted by atomic mass is 9.83. The first-order chi connectivity index (χ1) is 6.43. The summed E-state index contributed by atoms with van der Waals surface area (Å²) in [5.41, 5.74) is -0.164. The third-order valence-electron chi connectivity index (χ3n) is 3.35. The highest BCUT2D eigenvalue weighted by Gasteiger charge is 2.41. The van der Waals surface area contributed by atoms with Crippen molar-refractivity contribution in [3.63, 3.8) is 0 Å². The van der Waals surface area contributed by atoms with E-state index >= 15 is 0 Å². The average Bonchev–Trinajstić information content (AvgIpc) is 2.98. The number of aliphatic hydroxyl groups excluding tert-OH is 1. The molecule has 84 valence electrons. The van der Waals surface area contributed by atoms with Gasteiger partial charge in [-0.1, -0.05) is 13.8 Å². The number of rotatable bonds is 6. The molecule has 0 saturated heterocycles. The standard InChI is InChI=1S/C10H20O3S/c1-3-14(12,13)7-6-10(2,8-11)9-4-5-9/h9,11H,3-8H2,1-2H3. The van der Waals surface area contributed by atoms with E-state index < -0.39 is 9.84 Å². The van der Waals surface area contributed by atoms with Crippen LogP contribution in [0.1, 0.15) is 33.1 Å². The van der Waals surface area contributed by atoms with Crippen LogP contribution in [0.5, 0.6) is 0 Å². The maximum Gasteiger partial charge on any atom is 0.150 e. The van der Waals surface area contributed by atoms with Crippen molar-refractivity contribution in [3.8, 4) is 0 Å². The van der Waals surface area contributed by atoms with Gasteiger partial charge in [0.1, 0.15) is 9.84 Å². The number of hydrogen-bond acceptors (Lipinski definition) is 3. The fourth-order valence-electron chi connectivity index (χ4n) is 1.73. The van der Waals surface area contributed by atoms with E-state index in [1.807, 2.05) is 6.92 Å². The largest absolute Gasteiger partial charge is 0.396 e. The molecule has 1 unspecified atom stereocenters. The average molecular weight is 220 g/mol. The molecule has 1 fully saturated rings. The zero-order chi connectivity index (χ0) is 10.8. The Labute approximate surface area is 86.4 Å². The van der Waals surface area contributed by atoms with Crippen molar-refractivity contribution in [2.45, 2.75) is 33.1 Å². The quantitative estimate of drug-likeness (QED) is 0.732. The van der Waals surface area contributed by atoms with Crippen LogP contribution >= 0.6 is 0 Å². The Morgan fingerprint density at radius 1 is 1.43 bits per heavy atom. The molecule has 1 rings (SSSR count). The fourth-order valence-corrected chi connectivity index (χ4v) is 2.79. The molecular formula is C10H20O3S. The van der Waals surface area contributed by atoms with E-state index in [9.17, 15) is 13.5 Å². The van der Waals surface area contributed by atoms with Gasteiger partial charge in [0.15, 0.2) is 0 Å². The summed E-state index contributed by atoms with van der Waals surface area (Å²) in [5, 5.41) is 9.27. The lowest BCUT2D eigenvalue weighted by Crippen LogP contribution is -2.27. The molecule has 1 saturated carbocycles. The van der Waals surface area contributed by atoms with E-state index in [0.717, 1.165) is 12.8 Å². The molecule has 0 aromatic carbocycles. The summed E-state index contributed by atoms with van der Waals surface area (Å²) in [6.45, 7) is 3.77. The monoisotopic (exact) mass is 220 g/mol. The molecule has 0 aromatic heterocycles. The molecule has 1 atom stereocenters. The predicted molar refractivity (Wildman–Crippen MR) is 56.9 cm³/mol. The Kier molecular flexibility index (Phi) is 3.58. The summed E-state index contributed by atoms with van der Waals surface area (Å²) in [5.74, 6) is 0.968. The molecule has 0 aliphatic heterocycles. The SMILES string of the molecule is CCS(=O)(=O)CCC(C)(CO)C1CC1. The van der Waals surface area contributed by atoms with Gasteiger partial charge in [0, 0.05) is 12.4 Å². The van der Waals surface area contributed by atoms with Gasteiger partial charge < -0.3 is 5.11 Å². The minimum Gasteiger partial charge on any atom is -0.396 e. The van der Waals surface area contributed by atoms with Crippen LogP contribution in [0, 0.1) is 11.3 Å². The van der Waals surface area contributed by atoms with Crippen LogP contribution in [-0.4, -0.2) is 31.6 Å². The summed E-state index contributed by atoms with van der Waals surface area (Å²) in [7, 11) is -2.88. The molecule has 3 nitrogen and oxygen atoms in total. The van der Waals surface area contributed by atoms with Gasteiger partial charge >= 0.3 is 0 Å². The molecular weight excluding hydrogens is 200 g/mol. The summed E-state index contributed by atoms with van der Waals surface area (Å²) in [4.78, 5) is 0. The highest BCUT2D eigenvalue weighted by Crippen LogP contribution is 2.47. The molecule has 14 heavy (non-hydrogen) atoms. The Balaban J connectivity index is 2.49. The van der Waals surface area contributed by atoms with Gasteiger partial charge in [0.25, 0.3) is 0 Å². The molecule has 0 radical (unpaired) electrons. The Hall–Kier alpha value is -0.0900. The third kappa shape index (κ3) is 2.95. The number of aliphatic hydroxyl groups is 1. The highest BCUT2D eigenvalue weighted by molar-refractivity contribution is 7.91. The fraction of sp³-hybridized carbons (Fsp3) is 1.00. The molecule has 0 bridgehead atoms. The molecule has 0 amide bonds. The van der Waals surface area contributed by atoms with Crippen molar-refractivity contribution in [2.75, 3.05) is 18.1 Å². The van der Waals surface area contributed by atoms with Gasteiger partial charge in [-0.25, -0.2) is 8.42 Å². The van der Waals surface area contributed by atoms with Crippen molar-refractivity contribution < 1.29 is 13.5 Å². The molecule has 0 heterocycles. The predicted octanol–water partition coefficient (Wildman–Crippen LogP) is 1.22. The van der Waals surface area contributed by atoms with Crippen LogP contribution in [0.3, 0.4) is 0 Å². The molecule has 0 spiro atoms. The smallest absolute Gasteiger partial charge is 0.150 e. The van der Waals surface area contributed by atoms with Gasteiger partial charge in [0.05, 0.1) is 5.75 Å². The summed E-state index contributed by atoms with van der Waals surface area (Å²) >= 11 is 0. The van der Waals surface area contributed by atoms with Crippen LogP contribution in [0.4, 0.5) is 0 Å². The highest BCUT2D eigenvalue weighted by atomic mass is 32.2. The second-order valence-electron chi connectivity index (χ2n) is 4.57. The Bertz CT molecular complexity index is 280. The lowest BCUT2D eigenvalue weighted by Gasteiger charge is -2.26. The lowest BCUT2D eigenvalue weighted by molar-refractivity contribution is 0.116. The summed E-state index contributed by atoms with van der Waals surface area (Å²) in [6, 6.07) is 0. The second-order valence-corrected chi connectivity index (χ2v) is 7.05. The maximum atomic E-state index is 11.3. The molecule has 1 aliphatic carbocycles. The third-order valence-corrected chi connectivity index (χ3v) is 5.05. The minimum absolute atomic E-state index is 0.108. The van der Waals surface area contributed by atoms with Crippen LogP contribution < -0.4 is 0 Å². The van der Waals surface area contributed by atoms with Crippen molar-refractivity contribution in [1.82, 2.24) is 0 Å². The van der Waals surface area contributed by atoms with Gasteiger partial charge in [-0.2, -0.15) is 0 Å².